The number of H-pyrrole nitrogens is 1. The highest BCUT2D eigenvalue weighted by atomic mass is 32.1. The van der Waals surface area contributed by atoms with Gasteiger partial charge in [0.05, 0.1) is 5.69 Å². The van der Waals surface area contributed by atoms with Gasteiger partial charge in [-0.25, -0.2) is 4.98 Å². The number of nitrogens with zero attached hydrogens (tertiary/aromatic N) is 1. The highest BCUT2D eigenvalue weighted by molar-refractivity contribution is 7.71. The SMILES string of the molecule is Cc1ccc(-c2cc[nH]c(=S)n2)c(C)c1. The molecule has 0 spiro atoms. The lowest BCUT2D eigenvalue weighted by Gasteiger charge is -2.05. The average Bonchev–Trinajstić information content (AvgIpc) is 2.17. The van der Waals surface area contributed by atoms with Gasteiger partial charge in [0.1, 0.15) is 0 Å². The highest BCUT2D eigenvalue weighted by Gasteiger charge is 2.02. The fraction of sp³-hybridized carbons (Fsp3) is 0.167. The third kappa shape index (κ3) is 2.13. The zero-order chi connectivity index (χ0) is 10.8. The van der Waals surface area contributed by atoms with E-state index < -0.39 is 0 Å². The lowest BCUT2D eigenvalue weighted by Crippen LogP contribution is -1.89. The molecular weight excluding hydrogens is 204 g/mol. The number of hydrogen-bond donors (Lipinski definition) is 1. The van der Waals surface area contributed by atoms with E-state index in [2.05, 4.69) is 42.0 Å². The minimum atomic E-state index is 0.521. The molecule has 0 atom stereocenters. The number of aromatic amines is 1. The maximum Gasteiger partial charge on any atom is 0.197 e. The first-order chi connectivity index (χ1) is 7.16. The molecular formula is C12H12N2S. The molecule has 0 radical (unpaired) electrons. The van der Waals surface area contributed by atoms with Crippen molar-refractivity contribution in [3.8, 4) is 11.3 Å². The first kappa shape index (κ1) is 10.1. The van der Waals surface area contributed by atoms with Gasteiger partial charge in [-0.3, -0.25) is 0 Å². The van der Waals surface area contributed by atoms with Crippen LogP contribution < -0.4 is 0 Å². The van der Waals surface area contributed by atoms with Crippen LogP contribution in [0.15, 0.2) is 30.5 Å². The van der Waals surface area contributed by atoms with Crippen LogP contribution in [0, 0.1) is 18.6 Å². The van der Waals surface area contributed by atoms with E-state index in [1.807, 2.05) is 12.3 Å². The molecule has 2 nitrogen and oxygen atoms in total. The van der Waals surface area contributed by atoms with Crippen molar-refractivity contribution >= 4 is 12.2 Å². The standard InChI is InChI=1S/C12H12N2S/c1-8-3-4-10(9(2)7-8)11-5-6-13-12(15)14-11/h3-7H,1-2H3,(H,13,14,15). The van der Waals surface area contributed by atoms with E-state index in [0.29, 0.717) is 4.77 Å². The zero-order valence-corrected chi connectivity index (χ0v) is 9.56. The van der Waals surface area contributed by atoms with Crippen molar-refractivity contribution in [2.75, 3.05) is 0 Å². The van der Waals surface area contributed by atoms with Crippen LogP contribution in [0.1, 0.15) is 11.1 Å². The van der Waals surface area contributed by atoms with Crippen molar-refractivity contribution in [1.29, 1.82) is 0 Å². The molecule has 3 heteroatoms. The molecule has 0 bridgehead atoms. The van der Waals surface area contributed by atoms with E-state index in [1.54, 1.807) is 0 Å². The maximum absolute atomic E-state index is 5.00. The van der Waals surface area contributed by atoms with Crippen LogP contribution in [-0.2, 0) is 0 Å². The number of nitrogens with one attached hydrogen (secondary N) is 1. The quantitative estimate of drug-likeness (QED) is 0.740. The minimum absolute atomic E-state index is 0.521. The second kappa shape index (κ2) is 3.95. The smallest absolute Gasteiger partial charge is 0.197 e. The Labute approximate surface area is 94.0 Å². The number of rotatable bonds is 1. The molecule has 0 unspecified atom stereocenters. The Morgan fingerprint density at radius 2 is 2.00 bits per heavy atom. The fourth-order valence-electron chi connectivity index (χ4n) is 1.62. The number of hydrogen-bond acceptors (Lipinski definition) is 2. The molecule has 0 aliphatic carbocycles. The van der Waals surface area contributed by atoms with Crippen LogP contribution in [0.2, 0.25) is 0 Å². The van der Waals surface area contributed by atoms with Gasteiger partial charge in [0, 0.05) is 11.8 Å². The summed E-state index contributed by atoms with van der Waals surface area (Å²) in [6, 6.07) is 8.26. The Bertz CT molecular complexity index is 543. The minimum Gasteiger partial charge on any atom is -0.337 e. The molecule has 1 heterocycles. The van der Waals surface area contributed by atoms with Gasteiger partial charge in [-0.2, -0.15) is 0 Å². The largest absolute Gasteiger partial charge is 0.337 e. The molecule has 1 aromatic heterocycles. The Morgan fingerprint density at radius 3 is 2.67 bits per heavy atom. The van der Waals surface area contributed by atoms with Crippen LogP contribution in [0.4, 0.5) is 0 Å². The summed E-state index contributed by atoms with van der Waals surface area (Å²) in [6.07, 6.45) is 1.82. The van der Waals surface area contributed by atoms with Crippen molar-refractivity contribution in [3.05, 3.63) is 46.4 Å². The van der Waals surface area contributed by atoms with Crippen molar-refractivity contribution in [3.63, 3.8) is 0 Å². The predicted octanol–water partition coefficient (Wildman–Crippen LogP) is 3.42. The summed E-state index contributed by atoms with van der Waals surface area (Å²) < 4.78 is 0.521. The lowest BCUT2D eigenvalue weighted by atomic mass is 10.0. The second-order valence-electron chi connectivity index (χ2n) is 3.60. The Balaban J connectivity index is 2.59. The van der Waals surface area contributed by atoms with Crippen LogP contribution in [0.25, 0.3) is 11.3 Å². The van der Waals surface area contributed by atoms with Gasteiger partial charge < -0.3 is 4.98 Å². The highest BCUT2D eigenvalue weighted by Crippen LogP contribution is 2.21. The molecule has 0 amide bonds. The summed E-state index contributed by atoms with van der Waals surface area (Å²) in [5, 5.41) is 0. The molecule has 0 aliphatic rings. The molecule has 2 aromatic rings. The Morgan fingerprint density at radius 1 is 1.20 bits per heavy atom. The van der Waals surface area contributed by atoms with Crippen LogP contribution in [0.3, 0.4) is 0 Å². The molecule has 2 rings (SSSR count). The van der Waals surface area contributed by atoms with Gasteiger partial charge in [0.2, 0.25) is 0 Å². The van der Waals surface area contributed by atoms with Crippen LogP contribution in [-0.4, -0.2) is 9.97 Å². The third-order valence-corrected chi connectivity index (χ3v) is 2.54. The molecule has 15 heavy (non-hydrogen) atoms. The Kier molecular flexibility index (Phi) is 2.64. The van der Waals surface area contributed by atoms with Gasteiger partial charge in [-0.05, 0) is 37.7 Å². The molecule has 0 saturated carbocycles. The number of aryl methyl sites for hydroxylation is 2. The molecule has 0 fully saturated rings. The Hall–Kier alpha value is -1.48. The zero-order valence-electron chi connectivity index (χ0n) is 8.74. The summed E-state index contributed by atoms with van der Waals surface area (Å²) in [4.78, 5) is 7.17. The van der Waals surface area contributed by atoms with Crippen molar-refractivity contribution in [2.24, 2.45) is 0 Å². The van der Waals surface area contributed by atoms with Crippen molar-refractivity contribution < 1.29 is 0 Å². The topological polar surface area (TPSA) is 28.7 Å². The van der Waals surface area contributed by atoms with Gasteiger partial charge in [-0.15, -0.1) is 0 Å². The third-order valence-electron chi connectivity index (χ3n) is 2.33. The second-order valence-corrected chi connectivity index (χ2v) is 3.98. The van der Waals surface area contributed by atoms with E-state index in [-0.39, 0.29) is 0 Å². The predicted molar refractivity (Wildman–Crippen MR) is 64.3 cm³/mol. The van der Waals surface area contributed by atoms with Gasteiger partial charge in [0.25, 0.3) is 0 Å². The van der Waals surface area contributed by atoms with Crippen molar-refractivity contribution in [2.45, 2.75) is 13.8 Å². The summed E-state index contributed by atoms with van der Waals surface area (Å²) in [7, 11) is 0. The number of aromatic nitrogens is 2. The van der Waals surface area contributed by atoms with Gasteiger partial charge in [-0.1, -0.05) is 23.8 Å². The molecule has 0 aliphatic heterocycles. The lowest BCUT2D eigenvalue weighted by molar-refractivity contribution is 1.13. The average molecular weight is 216 g/mol. The first-order valence-electron chi connectivity index (χ1n) is 4.80. The summed E-state index contributed by atoms with van der Waals surface area (Å²) in [5.74, 6) is 0. The van der Waals surface area contributed by atoms with Crippen LogP contribution in [0.5, 0.6) is 0 Å². The summed E-state index contributed by atoms with van der Waals surface area (Å²) in [6.45, 7) is 4.17. The monoisotopic (exact) mass is 216 g/mol. The molecule has 1 aromatic carbocycles. The van der Waals surface area contributed by atoms with E-state index in [9.17, 15) is 0 Å². The molecule has 1 N–H and O–H groups in total. The first-order valence-corrected chi connectivity index (χ1v) is 5.21. The van der Waals surface area contributed by atoms with Crippen LogP contribution >= 0.6 is 12.2 Å². The summed E-state index contributed by atoms with van der Waals surface area (Å²) in [5.41, 5.74) is 4.55. The van der Waals surface area contributed by atoms with E-state index in [0.717, 1.165) is 11.3 Å². The number of benzene rings is 1. The maximum atomic E-state index is 5.00. The van der Waals surface area contributed by atoms with E-state index in [4.69, 9.17) is 12.2 Å². The van der Waals surface area contributed by atoms with Gasteiger partial charge >= 0.3 is 0 Å². The van der Waals surface area contributed by atoms with Gasteiger partial charge in [0.15, 0.2) is 4.77 Å². The van der Waals surface area contributed by atoms with E-state index in [1.165, 1.54) is 11.1 Å². The normalized spacial score (nSPS) is 10.3. The molecule has 76 valence electrons. The fourth-order valence-corrected chi connectivity index (χ4v) is 1.79. The van der Waals surface area contributed by atoms with Crippen molar-refractivity contribution in [1.82, 2.24) is 9.97 Å². The summed E-state index contributed by atoms with van der Waals surface area (Å²) >= 11 is 5.00. The molecule has 0 saturated heterocycles. The van der Waals surface area contributed by atoms with E-state index >= 15 is 0 Å².